The molecule has 184 valence electrons. The number of hydrogen-bond donors (Lipinski definition) is 1. The number of aromatic nitrogens is 2. The molecule has 1 N–H and O–H groups in total. The van der Waals surface area contributed by atoms with Gasteiger partial charge in [0.2, 0.25) is 5.91 Å². The highest BCUT2D eigenvalue weighted by molar-refractivity contribution is 5.78. The Balaban J connectivity index is 2.95. The van der Waals surface area contributed by atoms with Gasteiger partial charge in [-0.2, -0.15) is 0 Å². The van der Waals surface area contributed by atoms with Crippen molar-refractivity contribution in [2.45, 2.75) is 33.9 Å². The summed E-state index contributed by atoms with van der Waals surface area (Å²) in [5.74, 6) is -0.279. The number of halogens is 1. The van der Waals surface area contributed by atoms with Gasteiger partial charge in [-0.25, -0.2) is 9.37 Å². The van der Waals surface area contributed by atoms with E-state index in [1.165, 1.54) is 19.1 Å². The minimum atomic E-state index is -0.281. The van der Waals surface area contributed by atoms with Crippen LogP contribution in [0, 0.1) is 0 Å². The molecule has 0 aromatic carbocycles. The van der Waals surface area contributed by atoms with Gasteiger partial charge in [0.1, 0.15) is 5.76 Å². The second kappa shape index (κ2) is 15.4. The minimum Gasteiger partial charge on any atom is -0.508 e. The van der Waals surface area contributed by atoms with E-state index in [4.69, 9.17) is 0 Å². The monoisotopic (exact) mass is 468 g/mol. The molecule has 0 aliphatic heterocycles. The average Bonchev–Trinajstić information content (AvgIpc) is 3.22. The summed E-state index contributed by atoms with van der Waals surface area (Å²) in [6, 6.07) is 0. The lowest BCUT2D eigenvalue weighted by atomic mass is 10.2. The summed E-state index contributed by atoms with van der Waals surface area (Å²) in [5.41, 5.74) is 2.44. The number of rotatable bonds is 15. The molecule has 0 aliphatic carbocycles. The van der Waals surface area contributed by atoms with E-state index in [0.29, 0.717) is 32.7 Å². The number of hydrogen-bond acceptors (Lipinski definition) is 4. The average molecular weight is 469 g/mol. The van der Waals surface area contributed by atoms with Crippen molar-refractivity contribution < 1.29 is 14.3 Å². The Morgan fingerprint density at radius 2 is 1.79 bits per heavy atom. The molecule has 0 saturated heterocycles. The van der Waals surface area contributed by atoms with Crippen LogP contribution in [-0.4, -0.2) is 56.5 Å². The molecule has 6 nitrogen and oxygen atoms in total. The number of imidazole rings is 1. The summed E-state index contributed by atoms with van der Waals surface area (Å²) in [5, 5.41) is 9.79. The van der Waals surface area contributed by atoms with E-state index in [2.05, 4.69) is 24.7 Å². The third-order valence-corrected chi connectivity index (χ3v) is 5.04. The van der Waals surface area contributed by atoms with E-state index in [1.807, 2.05) is 23.3 Å². The molecule has 0 saturated carbocycles. The molecule has 0 unspecified atom stereocenters. The number of likely N-dealkylation sites (N-methyl/N-ethyl adjacent to an activating group) is 2. The van der Waals surface area contributed by atoms with Crippen LogP contribution in [0.5, 0.6) is 0 Å². The highest BCUT2D eigenvalue weighted by Gasteiger charge is 2.18. The Morgan fingerprint density at radius 1 is 1.12 bits per heavy atom. The third kappa shape index (κ3) is 10.0. The van der Waals surface area contributed by atoms with Crippen LogP contribution < -0.4 is 0 Å². The van der Waals surface area contributed by atoms with Crippen molar-refractivity contribution in [2.24, 2.45) is 0 Å². The fourth-order valence-electron chi connectivity index (χ4n) is 3.32. The highest BCUT2D eigenvalue weighted by Crippen LogP contribution is 2.12. The summed E-state index contributed by atoms with van der Waals surface area (Å²) in [6.07, 6.45) is 14.6. The summed E-state index contributed by atoms with van der Waals surface area (Å²) in [7, 11) is 0. The topological polar surface area (TPSA) is 61.6 Å². The molecule has 1 aromatic rings. The molecule has 0 radical (unpaired) electrons. The molecule has 1 amide bonds. The van der Waals surface area contributed by atoms with Crippen LogP contribution in [-0.2, 0) is 17.9 Å². The second-order valence-corrected chi connectivity index (χ2v) is 7.68. The first-order chi connectivity index (χ1) is 16.3. The number of nitrogens with zero attached hydrogens (tertiary/aromatic N) is 4. The maximum absolute atomic E-state index is 13.4. The Labute approximate surface area is 203 Å². The van der Waals surface area contributed by atoms with Gasteiger partial charge < -0.3 is 14.6 Å². The molecule has 1 rings (SSSR count). The summed E-state index contributed by atoms with van der Waals surface area (Å²) < 4.78 is 15.4. The lowest BCUT2D eigenvalue weighted by Gasteiger charge is -2.26. The number of carbonyl (C=O) groups excluding carboxylic acids is 1. The van der Waals surface area contributed by atoms with Crippen molar-refractivity contribution in [3.05, 3.63) is 103 Å². The lowest BCUT2D eigenvalue weighted by Crippen LogP contribution is -2.41. The zero-order chi connectivity index (χ0) is 25.5. The fraction of sp³-hybridized carbons (Fsp3) is 0.333. The van der Waals surface area contributed by atoms with Crippen LogP contribution in [0.25, 0.3) is 0 Å². The molecule has 0 atom stereocenters. The Hall–Kier alpha value is -3.45. The Morgan fingerprint density at radius 3 is 2.35 bits per heavy atom. The number of allylic oxidation sites excluding steroid dienone is 8. The molecule has 7 heteroatoms. The van der Waals surface area contributed by atoms with Gasteiger partial charge >= 0.3 is 0 Å². The van der Waals surface area contributed by atoms with Crippen LogP contribution in [0.2, 0.25) is 0 Å². The largest absolute Gasteiger partial charge is 0.508 e. The lowest BCUT2D eigenvalue weighted by molar-refractivity contribution is -0.131. The first-order valence-electron chi connectivity index (χ1n) is 11.3. The first kappa shape index (κ1) is 28.6. The highest BCUT2D eigenvalue weighted by atomic mass is 19.1. The number of aliphatic hydroxyl groups excluding tert-OH is 1. The van der Waals surface area contributed by atoms with Crippen LogP contribution >= 0.6 is 0 Å². The number of amides is 1. The van der Waals surface area contributed by atoms with E-state index < -0.39 is 0 Å². The second-order valence-electron chi connectivity index (χ2n) is 7.68. The first-order valence-corrected chi connectivity index (χ1v) is 11.3. The maximum atomic E-state index is 13.4. The summed E-state index contributed by atoms with van der Waals surface area (Å²) >= 11 is 0. The molecule has 0 spiro atoms. The quantitative estimate of drug-likeness (QED) is 0.281. The van der Waals surface area contributed by atoms with Gasteiger partial charge in [-0.15, -0.1) is 0 Å². The van der Waals surface area contributed by atoms with Crippen molar-refractivity contribution in [2.75, 3.05) is 26.2 Å². The minimum absolute atomic E-state index is 0.0277. The normalized spacial score (nSPS) is 13.2. The van der Waals surface area contributed by atoms with Gasteiger partial charge in [-0.3, -0.25) is 9.69 Å². The van der Waals surface area contributed by atoms with Gasteiger partial charge in [0.15, 0.2) is 0 Å². The van der Waals surface area contributed by atoms with Gasteiger partial charge in [0.05, 0.1) is 24.4 Å². The van der Waals surface area contributed by atoms with Crippen molar-refractivity contribution in [3.8, 4) is 0 Å². The van der Waals surface area contributed by atoms with Crippen molar-refractivity contribution in [1.82, 2.24) is 19.4 Å². The van der Waals surface area contributed by atoms with E-state index in [-0.39, 0.29) is 24.0 Å². The van der Waals surface area contributed by atoms with Gasteiger partial charge in [0, 0.05) is 32.4 Å². The maximum Gasteiger partial charge on any atom is 0.237 e. The standard InChI is InChI=1S/C27H37FN4O2/c1-7-12-23(14-22(6)28)18-32-21-29-16-25(32)19-30(10-4)20-27(34)31(11-5)17-24(13-8-2)15-26(33)9-3/h7-9,12-16,21,33H,1-3,10-11,17-20H2,4-6H3/b22-14+,23-12+,24-13+,26-15+. The van der Waals surface area contributed by atoms with Crippen molar-refractivity contribution in [1.29, 1.82) is 0 Å². The molecule has 34 heavy (non-hydrogen) atoms. The van der Waals surface area contributed by atoms with Gasteiger partial charge in [-0.1, -0.05) is 51.0 Å². The van der Waals surface area contributed by atoms with Gasteiger partial charge in [-0.05, 0) is 49.8 Å². The zero-order valence-electron chi connectivity index (χ0n) is 20.6. The summed E-state index contributed by atoms with van der Waals surface area (Å²) in [6.45, 7) is 19.0. The molecular weight excluding hydrogens is 431 g/mol. The van der Waals surface area contributed by atoms with E-state index in [1.54, 1.807) is 47.8 Å². The van der Waals surface area contributed by atoms with E-state index in [9.17, 15) is 14.3 Å². The number of carbonyl (C=O) groups is 1. The predicted molar refractivity (Wildman–Crippen MR) is 138 cm³/mol. The number of aliphatic hydroxyl groups is 1. The Kier molecular flexibility index (Phi) is 12.9. The predicted octanol–water partition coefficient (Wildman–Crippen LogP) is 5.28. The van der Waals surface area contributed by atoms with E-state index in [0.717, 1.165) is 16.8 Å². The molecule has 0 aliphatic rings. The van der Waals surface area contributed by atoms with Crippen LogP contribution in [0.3, 0.4) is 0 Å². The van der Waals surface area contributed by atoms with Crippen LogP contribution in [0.1, 0.15) is 26.5 Å². The molecule has 0 bridgehead atoms. The van der Waals surface area contributed by atoms with Crippen molar-refractivity contribution in [3.63, 3.8) is 0 Å². The fourth-order valence-corrected chi connectivity index (χ4v) is 3.32. The Bertz CT molecular complexity index is 965. The smallest absolute Gasteiger partial charge is 0.237 e. The van der Waals surface area contributed by atoms with Crippen molar-refractivity contribution >= 4 is 5.91 Å². The van der Waals surface area contributed by atoms with Gasteiger partial charge in [0.25, 0.3) is 0 Å². The third-order valence-electron chi connectivity index (χ3n) is 5.04. The van der Waals surface area contributed by atoms with Crippen LogP contribution in [0.15, 0.2) is 97.5 Å². The zero-order valence-corrected chi connectivity index (χ0v) is 20.6. The molecular formula is C27H37FN4O2. The molecule has 0 fully saturated rings. The molecule has 1 heterocycles. The van der Waals surface area contributed by atoms with Crippen LogP contribution in [0.4, 0.5) is 4.39 Å². The summed E-state index contributed by atoms with van der Waals surface area (Å²) in [4.78, 5) is 21.1. The molecule has 1 aromatic heterocycles. The van der Waals surface area contributed by atoms with E-state index >= 15 is 0 Å². The SMILES string of the molecule is C=C/C=C(\C=C(\O)C=C)CN(CC)C(=O)CN(CC)Cc1cncn1CC(/C=C(\C)F)=C/C=C.